The van der Waals surface area contributed by atoms with Crippen molar-refractivity contribution in [2.45, 2.75) is 51.9 Å². The first-order chi connectivity index (χ1) is 13.4. The predicted octanol–water partition coefficient (Wildman–Crippen LogP) is 5.08. The van der Waals surface area contributed by atoms with E-state index in [2.05, 4.69) is 17.4 Å². The summed E-state index contributed by atoms with van der Waals surface area (Å²) >= 11 is 0. The lowest BCUT2D eigenvalue weighted by Gasteiger charge is -2.34. The van der Waals surface area contributed by atoms with Crippen molar-refractivity contribution in [3.8, 4) is 5.75 Å². The zero-order chi connectivity index (χ0) is 20.0. The number of hydrogen-bond donors (Lipinski definition) is 1. The molecule has 1 amide bonds. The zero-order valence-corrected chi connectivity index (χ0v) is 17.0. The minimum Gasteiger partial charge on any atom is -0.489 e. The molecule has 0 atom stereocenters. The highest BCUT2D eigenvalue weighted by molar-refractivity contribution is 5.68. The van der Waals surface area contributed by atoms with Crippen LogP contribution in [-0.2, 0) is 11.3 Å². The van der Waals surface area contributed by atoms with E-state index in [0.717, 1.165) is 29.8 Å². The van der Waals surface area contributed by atoms with Gasteiger partial charge in [0.1, 0.15) is 18.0 Å². The molecule has 1 saturated heterocycles. The first-order valence-corrected chi connectivity index (χ1v) is 9.90. The topological polar surface area (TPSA) is 50.8 Å². The van der Waals surface area contributed by atoms with E-state index < -0.39 is 5.60 Å². The van der Waals surface area contributed by atoms with Gasteiger partial charge in [-0.1, -0.05) is 30.3 Å². The van der Waals surface area contributed by atoms with Gasteiger partial charge in [-0.25, -0.2) is 4.79 Å². The number of carbonyl (C=O) groups excluding carboxylic acids is 1. The summed E-state index contributed by atoms with van der Waals surface area (Å²) in [6, 6.07) is 18.6. The Morgan fingerprint density at radius 2 is 1.68 bits per heavy atom. The van der Waals surface area contributed by atoms with Crippen LogP contribution < -0.4 is 10.1 Å². The number of rotatable bonds is 5. The molecule has 1 fully saturated rings. The van der Waals surface area contributed by atoms with Crippen molar-refractivity contribution in [1.82, 2.24) is 4.90 Å². The van der Waals surface area contributed by atoms with Crippen molar-refractivity contribution in [2.24, 2.45) is 0 Å². The highest BCUT2D eigenvalue weighted by atomic mass is 16.6. The maximum atomic E-state index is 12.1. The Morgan fingerprint density at radius 3 is 2.29 bits per heavy atom. The number of likely N-dealkylation sites (tertiary alicyclic amines) is 1. The van der Waals surface area contributed by atoms with Crippen LogP contribution in [0.4, 0.5) is 10.5 Å². The minimum atomic E-state index is -0.448. The molecule has 0 spiro atoms. The number of amides is 1. The Morgan fingerprint density at radius 1 is 1.04 bits per heavy atom. The molecule has 0 radical (unpaired) electrons. The summed E-state index contributed by atoms with van der Waals surface area (Å²) < 4.78 is 11.3. The molecule has 0 unspecified atom stereocenters. The molecule has 1 heterocycles. The molecule has 5 nitrogen and oxygen atoms in total. The summed E-state index contributed by atoms with van der Waals surface area (Å²) in [7, 11) is 0. The van der Waals surface area contributed by atoms with Crippen molar-refractivity contribution < 1.29 is 14.3 Å². The fraction of sp³-hybridized carbons (Fsp3) is 0.435. The maximum Gasteiger partial charge on any atom is 0.410 e. The number of nitrogens with zero attached hydrogens (tertiary/aromatic N) is 1. The number of benzene rings is 2. The van der Waals surface area contributed by atoms with Crippen LogP contribution in [0.2, 0.25) is 0 Å². The molecule has 3 rings (SSSR count). The molecule has 150 valence electrons. The number of piperidine rings is 1. The van der Waals surface area contributed by atoms with Crippen molar-refractivity contribution in [3.05, 3.63) is 60.2 Å². The van der Waals surface area contributed by atoms with Gasteiger partial charge >= 0.3 is 6.09 Å². The molecular weight excluding hydrogens is 352 g/mol. The summed E-state index contributed by atoms with van der Waals surface area (Å²) in [5, 5.41) is 3.56. The third-order valence-electron chi connectivity index (χ3n) is 4.62. The van der Waals surface area contributed by atoms with E-state index in [1.165, 1.54) is 0 Å². The SMILES string of the molecule is CC(C)(C)OC(=O)N1CCC(Nc2ccc(OCc3ccccc3)cc2)CC1. The third kappa shape index (κ3) is 6.19. The summed E-state index contributed by atoms with van der Waals surface area (Å²) in [6.45, 7) is 7.68. The van der Waals surface area contributed by atoms with E-state index in [9.17, 15) is 4.79 Å². The van der Waals surface area contributed by atoms with E-state index in [4.69, 9.17) is 9.47 Å². The van der Waals surface area contributed by atoms with Gasteiger partial charge in [0.25, 0.3) is 0 Å². The second-order valence-corrected chi connectivity index (χ2v) is 8.18. The third-order valence-corrected chi connectivity index (χ3v) is 4.62. The lowest BCUT2D eigenvalue weighted by atomic mass is 10.0. The number of ether oxygens (including phenoxy) is 2. The second-order valence-electron chi connectivity index (χ2n) is 8.18. The molecule has 2 aromatic rings. The highest BCUT2D eigenvalue weighted by Gasteiger charge is 2.26. The summed E-state index contributed by atoms with van der Waals surface area (Å²) in [5.41, 5.74) is 1.78. The van der Waals surface area contributed by atoms with Crippen molar-refractivity contribution >= 4 is 11.8 Å². The highest BCUT2D eigenvalue weighted by Crippen LogP contribution is 2.21. The van der Waals surface area contributed by atoms with E-state index in [0.29, 0.717) is 25.7 Å². The van der Waals surface area contributed by atoms with Crippen LogP contribution in [0.15, 0.2) is 54.6 Å². The molecule has 2 aromatic carbocycles. The first kappa shape index (κ1) is 20.1. The minimum absolute atomic E-state index is 0.217. The van der Waals surface area contributed by atoms with Crippen LogP contribution in [-0.4, -0.2) is 35.7 Å². The smallest absolute Gasteiger partial charge is 0.410 e. The van der Waals surface area contributed by atoms with E-state index >= 15 is 0 Å². The number of carbonyl (C=O) groups is 1. The predicted molar refractivity (Wildman–Crippen MR) is 112 cm³/mol. The van der Waals surface area contributed by atoms with Crippen molar-refractivity contribution in [1.29, 1.82) is 0 Å². The Bertz CT molecular complexity index is 746. The lowest BCUT2D eigenvalue weighted by Crippen LogP contribution is -2.44. The average Bonchev–Trinajstić information content (AvgIpc) is 2.67. The molecule has 28 heavy (non-hydrogen) atoms. The molecule has 0 saturated carbocycles. The average molecular weight is 383 g/mol. The summed E-state index contributed by atoms with van der Waals surface area (Å²) in [4.78, 5) is 13.9. The number of nitrogens with one attached hydrogen (secondary N) is 1. The normalized spacial score (nSPS) is 15.2. The quantitative estimate of drug-likeness (QED) is 0.784. The Balaban J connectivity index is 1.43. The van der Waals surface area contributed by atoms with E-state index in [1.54, 1.807) is 4.90 Å². The van der Waals surface area contributed by atoms with Gasteiger partial charge in [-0.2, -0.15) is 0 Å². The molecule has 1 N–H and O–H groups in total. The molecule has 0 aromatic heterocycles. The molecule has 0 bridgehead atoms. The van der Waals surface area contributed by atoms with Gasteiger partial charge in [0.2, 0.25) is 0 Å². The Labute approximate surface area is 167 Å². The molecular formula is C23H30N2O3. The van der Waals surface area contributed by atoms with Crippen LogP contribution in [0.1, 0.15) is 39.2 Å². The van der Waals surface area contributed by atoms with E-state index in [-0.39, 0.29) is 6.09 Å². The summed E-state index contributed by atoms with van der Waals surface area (Å²) in [5.74, 6) is 0.856. The maximum absolute atomic E-state index is 12.1. The van der Waals surface area contributed by atoms with Gasteiger partial charge in [-0.05, 0) is 63.4 Å². The number of hydrogen-bond acceptors (Lipinski definition) is 4. The lowest BCUT2D eigenvalue weighted by molar-refractivity contribution is 0.0210. The van der Waals surface area contributed by atoms with E-state index in [1.807, 2.05) is 63.2 Å². The van der Waals surface area contributed by atoms with Gasteiger partial charge in [-0.15, -0.1) is 0 Å². The monoisotopic (exact) mass is 382 g/mol. The largest absolute Gasteiger partial charge is 0.489 e. The molecule has 5 heteroatoms. The fourth-order valence-corrected chi connectivity index (χ4v) is 3.16. The molecule has 0 aliphatic carbocycles. The van der Waals surface area contributed by atoms with Crippen molar-refractivity contribution in [2.75, 3.05) is 18.4 Å². The fourth-order valence-electron chi connectivity index (χ4n) is 3.16. The van der Waals surface area contributed by atoms with Crippen LogP contribution >= 0.6 is 0 Å². The van der Waals surface area contributed by atoms with Gasteiger partial charge in [0.05, 0.1) is 0 Å². The zero-order valence-electron chi connectivity index (χ0n) is 17.0. The van der Waals surface area contributed by atoms with Crippen LogP contribution in [0.3, 0.4) is 0 Å². The second kappa shape index (κ2) is 9.00. The van der Waals surface area contributed by atoms with Crippen LogP contribution in [0.5, 0.6) is 5.75 Å². The molecule has 1 aliphatic heterocycles. The van der Waals surface area contributed by atoms with Crippen molar-refractivity contribution in [3.63, 3.8) is 0 Å². The van der Waals surface area contributed by atoms with Gasteiger partial charge < -0.3 is 19.7 Å². The Hall–Kier alpha value is -2.69. The van der Waals surface area contributed by atoms with Crippen LogP contribution in [0, 0.1) is 0 Å². The van der Waals surface area contributed by atoms with Gasteiger partial charge in [0.15, 0.2) is 0 Å². The number of anilines is 1. The Kier molecular flexibility index (Phi) is 6.45. The summed E-state index contributed by atoms with van der Waals surface area (Å²) in [6.07, 6.45) is 1.60. The van der Waals surface area contributed by atoms with Crippen LogP contribution in [0.25, 0.3) is 0 Å². The molecule has 1 aliphatic rings. The standard InChI is InChI=1S/C23H30N2O3/c1-23(2,3)28-22(26)25-15-13-20(14-16-25)24-19-9-11-21(12-10-19)27-17-18-7-5-4-6-8-18/h4-12,20,24H,13-17H2,1-3H3. The van der Waals surface area contributed by atoms with Gasteiger partial charge in [-0.3, -0.25) is 0 Å². The van der Waals surface area contributed by atoms with Gasteiger partial charge in [0, 0.05) is 24.8 Å². The first-order valence-electron chi connectivity index (χ1n) is 9.90.